The van der Waals surface area contributed by atoms with Crippen LogP contribution in [0.2, 0.25) is 0 Å². The van der Waals surface area contributed by atoms with Crippen molar-refractivity contribution in [2.24, 2.45) is 0 Å². The van der Waals surface area contributed by atoms with E-state index in [2.05, 4.69) is 23.5 Å². The van der Waals surface area contributed by atoms with Crippen molar-refractivity contribution in [2.45, 2.75) is 32.6 Å². The Hall–Kier alpha value is -1.51. The zero-order chi connectivity index (χ0) is 12.1. The zero-order valence-corrected chi connectivity index (χ0v) is 10.3. The molecule has 1 aliphatic carbocycles. The number of hydrogen-bond acceptors (Lipinski definition) is 2. The van der Waals surface area contributed by atoms with Crippen LogP contribution >= 0.6 is 0 Å². The molecule has 0 fully saturated rings. The van der Waals surface area contributed by atoms with E-state index in [9.17, 15) is 4.79 Å². The van der Waals surface area contributed by atoms with Crippen LogP contribution in [0.25, 0.3) is 0 Å². The van der Waals surface area contributed by atoms with Gasteiger partial charge in [-0.2, -0.15) is 0 Å². The summed E-state index contributed by atoms with van der Waals surface area (Å²) in [5, 5.41) is 2.74. The number of carbonyl (C=O) groups excluding carboxylic acids is 1. The van der Waals surface area contributed by atoms with Gasteiger partial charge in [0.05, 0.1) is 6.61 Å². The van der Waals surface area contributed by atoms with Crippen molar-refractivity contribution in [2.75, 3.05) is 13.2 Å². The number of hydrogen-bond donors (Lipinski definition) is 1. The zero-order valence-electron chi connectivity index (χ0n) is 10.3. The van der Waals surface area contributed by atoms with Gasteiger partial charge in [0.1, 0.15) is 0 Å². The summed E-state index contributed by atoms with van der Waals surface area (Å²) in [6.45, 7) is 2.86. The van der Waals surface area contributed by atoms with E-state index in [1.165, 1.54) is 36.0 Å². The molecule has 1 N–H and O–H groups in total. The molecule has 0 radical (unpaired) electrons. The van der Waals surface area contributed by atoms with Gasteiger partial charge in [0, 0.05) is 6.54 Å². The first-order valence-corrected chi connectivity index (χ1v) is 6.31. The third-order valence-corrected chi connectivity index (χ3v) is 3.12. The summed E-state index contributed by atoms with van der Waals surface area (Å²) >= 11 is 0. The number of amides is 1. The Morgan fingerprint density at radius 2 is 2.18 bits per heavy atom. The smallest absolute Gasteiger partial charge is 0.407 e. The van der Waals surface area contributed by atoms with Crippen LogP contribution in [0.5, 0.6) is 0 Å². The molecule has 0 atom stereocenters. The number of carbonyl (C=O) groups is 1. The summed E-state index contributed by atoms with van der Waals surface area (Å²) in [6, 6.07) is 6.66. The molecule has 0 heterocycles. The fraction of sp³-hybridized carbons (Fsp3) is 0.500. The summed E-state index contributed by atoms with van der Waals surface area (Å²) in [4.78, 5) is 11.1. The van der Waals surface area contributed by atoms with E-state index in [-0.39, 0.29) is 6.09 Å². The van der Waals surface area contributed by atoms with Crippen LogP contribution in [0, 0.1) is 0 Å². The van der Waals surface area contributed by atoms with Crippen LogP contribution in [0.1, 0.15) is 30.0 Å². The molecule has 1 aliphatic rings. The standard InChI is InChI=1S/C14H19NO2/c1-2-17-14(16)15-9-8-11-6-7-12-4-3-5-13(12)10-11/h6-7,10H,2-5,8-9H2,1H3,(H,15,16). The van der Waals surface area contributed by atoms with Gasteiger partial charge in [0.2, 0.25) is 0 Å². The molecule has 0 saturated heterocycles. The van der Waals surface area contributed by atoms with Crippen LogP contribution in [-0.4, -0.2) is 19.2 Å². The van der Waals surface area contributed by atoms with Gasteiger partial charge in [-0.15, -0.1) is 0 Å². The van der Waals surface area contributed by atoms with E-state index in [1.807, 2.05) is 0 Å². The van der Waals surface area contributed by atoms with Crippen LogP contribution in [0.3, 0.4) is 0 Å². The molecule has 1 aromatic carbocycles. The van der Waals surface area contributed by atoms with Crippen LogP contribution in [0.4, 0.5) is 4.79 Å². The summed E-state index contributed by atoms with van der Waals surface area (Å²) in [7, 11) is 0. The fourth-order valence-corrected chi connectivity index (χ4v) is 2.27. The Kier molecular flexibility index (Phi) is 4.02. The van der Waals surface area contributed by atoms with E-state index in [0.29, 0.717) is 13.2 Å². The summed E-state index contributed by atoms with van der Waals surface area (Å²) < 4.78 is 4.80. The van der Waals surface area contributed by atoms with Gasteiger partial charge in [-0.1, -0.05) is 18.2 Å². The molecule has 3 nitrogen and oxygen atoms in total. The average molecular weight is 233 g/mol. The Labute approximate surface area is 102 Å². The molecule has 1 aromatic rings. The van der Waals surface area contributed by atoms with Gasteiger partial charge in [-0.25, -0.2) is 4.79 Å². The number of fused-ring (bicyclic) bond motifs is 1. The Balaban J connectivity index is 1.81. The van der Waals surface area contributed by atoms with Gasteiger partial charge >= 0.3 is 6.09 Å². The number of nitrogens with one attached hydrogen (secondary N) is 1. The first-order chi connectivity index (χ1) is 8.29. The maximum atomic E-state index is 11.1. The minimum absolute atomic E-state index is 0.325. The molecular formula is C14H19NO2. The van der Waals surface area contributed by atoms with Crippen molar-refractivity contribution < 1.29 is 9.53 Å². The quantitative estimate of drug-likeness (QED) is 0.867. The third kappa shape index (κ3) is 3.22. The van der Waals surface area contributed by atoms with Crippen molar-refractivity contribution in [3.8, 4) is 0 Å². The van der Waals surface area contributed by atoms with E-state index < -0.39 is 0 Å². The summed E-state index contributed by atoms with van der Waals surface area (Å²) in [6.07, 6.45) is 4.24. The van der Waals surface area contributed by atoms with E-state index in [0.717, 1.165) is 6.42 Å². The van der Waals surface area contributed by atoms with Gasteiger partial charge in [-0.05, 0) is 49.3 Å². The van der Waals surface area contributed by atoms with Crippen LogP contribution in [0.15, 0.2) is 18.2 Å². The molecule has 3 heteroatoms. The van der Waals surface area contributed by atoms with Gasteiger partial charge in [0.15, 0.2) is 0 Å². The second kappa shape index (κ2) is 5.71. The number of alkyl carbamates (subject to hydrolysis) is 1. The van der Waals surface area contributed by atoms with E-state index in [4.69, 9.17) is 4.74 Å². The minimum atomic E-state index is -0.325. The molecule has 0 bridgehead atoms. The fourth-order valence-electron chi connectivity index (χ4n) is 2.27. The lowest BCUT2D eigenvalue weighted by Gasteiger charge is -2.07. The van der Waals surface area contributed by atoms with Crippen molar-refractivity contribution >= 4 is 6.09 Å². The van der Waals surface area contributed by atoms with Crippen molar-refractivity contribution in [1.82, 2.24) is 5.32 Å². The highest BCUT2D eigenvalue weighted by Crippen LogP contribution is 2.22. The number of ether oxygens (including phenoxy) is 1. The number of rotatable bonds is 4. The lowest BCUT2D eigenvalue weighted by molar-refractivity contribution is 0.152. The number of benzene rings is 1. The molecule has 1 amide bonds. The second-order valence-electron chi connectivity index (χ2n) is 4.35. The Morgan fingerprint density at radius 1 is 1.35 bits per heavy atom. The maximum Gasteiger partial charge on any atom is 0.407 e. The highest BCUT2D eigenvalue weighted by atomic mass is 16.5. The monoisotopic (exact) mass is 233 g/mol. The molecule has 92 valence electrons. The van der Waals surface area contributed by atoms with Crippen molar-refractivity contribution in [3.05, 3.63) is 34.9 Å². The SMILES string of the molecule is CCOC(=O)NCCc1ccc2c(c1)CCC2. The molecule has 0 spiro atoms. The molecule has 0 aromatic heterocycles. The van der Waals surface area contributed by atoms with Gasteiger partial charge in [0.25, 0.3) is 0 Å². The third-order valence-electron chi connectivity index (χ3n) is 3.12. The molecule has 0 aliphatic heterocycles. The number of aryl methyl sites for hydroxylation is 2. The molecule has 2 rings (SSSR count). The van der Waals surface area contributed by atoms with Gasteiger partial charge < -0.3 is 10.1 Å². The Bertz CT molecular complexity index is 401. The van der Waals surface area contributed by atoms with Crippen molar-refractivity contribution in [1.29, 1.82) is 0 Å². The van der Waals surface area contributed by atoms with Crippen molar-refractivity contribution in [3.63, 3.8) is 0 Å². The normalized spacial score (nSPS) is 13.2. The lowest BCUT2D eigenvalue weighted by Crippen LogP contribution is -2.26. The highest BCUT2D eigenvalue weighted by molar-refractivity contribution is 5.67. The molecule has 17 heavy (non-hydrogen) atoms. The Morgan fingerprint density at radius 3 is 3.00 bits per heavy atom. The average Bonchev–Trinajstić information content (AvgIpc) is 2.76. The topological polar surface area (TPSA) is 38.3 Å². The molecule has 0 unspecified atom stereocenters. The summed E-state index contributed by atoms with van der Waals surface area (Å²) in [5.41, 5.74) is 4.27. The van der Waals surface area contributed by atoms with Crippen LogP contribution < -0.4 is 5.32 Å². The predicted molar refractivity (Wildman–Crippen MR) is 67.2 cm³/mol. The molecular weight excluding hydrogens is 214 g/mol. The van der Waals surface area contributed by atoms with E-state index in [1.54, 1.807) is 6.92 Å². The second-order valence-corrected chi connectivity index (χ2v) is 4.35. The van der Waals surface area contributed by atoms with Crippen LogP contribution in [-0.2, 0) is 24.0 Å². The van der Waals surface area contributed by atoms with E-state index >= 15 is 0 Å². The maximum absolute atomic E-state index is 11.1. The minimum Gasteiger partial charge on any atom is -0.450 e. The summed E-state index contributed by atoms with van der Waals surface area (Å²) in [5.74, 6) is 0. The first kappa shape index (κ1) is 12.0. The van der Waals surface area contributed by atoms with Gasteiger partial charge in [-0.3, -0.25) is 0 Å². The lowest BCUT2D eigenvalue weighted by atomic mass is 10.0. The first-order valence-electron chi connectivity index (χ1n) is 6.31. The predicted octanol–water partition coefficient (Wildman–Crippen LogP) is 2.46. The largest absolute Gasteiger partial charge is 0.450 e. The molecule has 0 saturated carbocycles. The highest BCUT2D eigenvalue weighted by Gasteiger charge is 2.10.